The van der Waals surface area contributed by atoms with Crippen molar-refractivity contribution in [3.63, 3.8) is 0 Å². The van der Waals surface area contributed by atoms with Crippen LogP contribution in [0.1, 0.15) is 39.0 Å². The second kappa shape index (κ2) is 11.3. The van der Waals surface area contributed by atoms with Crippen molar-refractivity contribution < 1.29 is 22.6 Å². The Balaban J connectivity index is 0.00000158. The van der Waals surface area contributed by atoms with E-state index in [9.17, 15) is 13.2 Å². The molecule has 180 valence electrons. The van der Waals surface area contributed by atoms with Gasteiger partial charge in [-0.1, -0.05) is 64.1 Å². The van der Waals surface area contributed by atoms with Gasteiger partial charge in [0.15, 0.2) is 0 Å². The van der Waals surface area contributed by atoms with Gasteiger partial charge in [0.25, 0.3) is 0 Å². The lowest BCUT2D eigenvalue weighted by Crippen LogP contribution is -2.28. The average Bonchev–Trinajstić information content (AvgIpc) is 3.25. The Kier molecular flexibility index (Phi) is 8.40. The van der Waals surface area contributed by atoms with E-state index in [2.05, 4.69) is 4.74 Å². The van der Waals surface area contributed by atoms with E-state index in [1.165, 1.54) is 12.1 Å². The van der Waals surface area contributed by atoms with Gasteiger partial charge in [-0.3, -0.25) is 0 Å². The molecule has 0 amide bonds. The standard InChI is InChI=1S/C26H24F3NO2.C2H6/c1-26(2,17-32-25(28)29)24-15-21-22(30(24)20-13-11-19(27)12-14-20)9-6-10-23(21)31-16-18-7-4-3-5-8-18;1-2/h3-15,25H,16-17H2,1-2H3;1-2H3. The van der Waals surface area contributed by atoms with Crippen molar-refractivity contribution in [3.05, 3.63) is 95.9 Å². The molecule has 4 rings (SSSR count). The minimum Gasteiger partial charge on any atom is -0.488 e. The largest absolute Gasteiger partial charge is 0.488 e. The highest BCUT2D eigenvalue weighted by Crippen LogP contribution is 2.37. The lowest BCUT2D eigenvalue weighted by atomic mass is 9.90. The summed E-state index contributed by atoms with van der Waals surface area (Å²) in [7, 11) is 0. The maximum absolute atomic E-state index is 13.6. The predicted octanol–water partition coefficient (Wildman–Crippen LogP) is 7.89. The molecule has 6 heteroatoms. The third kappa shape index (κ3) is 5.81. The highest BCUT2D eigenvalue weighted by Gasteiger charge is 2.29. The van der Waals surface area contributed by atoms with Crippen LogP contribution < -0.4 is 4.74 Å². The molecule has 4 aromatic rings. The third-order valence-electron chi connectivity index (χ3n) is 5.39. The second-order valence-electron chi connectivity index (χ2n) is 8.26. The topological polar surface area (TPSA) is 23.4 Å². The van der Waals surface area contributed by atoms with Gasteiger partial charge in [-0.25, -0.2) is 4.39 Å². The molecular formula is C28H30F3NO2. The van der Waals surface area contributed by atoms with Crippen molar-refractivity contribution >= 4 is 10.9 Å². The summed E-state index contributed by atoms with van der Waals surface area (Å²) in [5.74, 6) is 0.331. The summed E-state index contributed by atoms with van der Waals surface area (Å²) in [6.07, 6.45) is 0. The molecule has 0 saturated carbocycles. The maximum Gasteiger partial charge on any atom is 0.345 e. The summed E-state index contributed by atoms with van der Waals surface area (Å²) >= 11 is 0. The van der Waals surface area contributed by atoms with Crippen molar-refractivity contribution in [2.45, 2.75) is 46.3 Å². The Morgan fingerprint density at radius 2 is 1.56 bits per heavy atom. The number of benzene rings is 3. The number of aromatic nitrogens is 1. The van der Waals surface area contributed by atoms with E-state index in [0.29, 0.717) is 12.4 Å². The van der Waals surface area contributed by atoms with Crippen LogP contribution in [-0.4, -0.2) is 17.8 Å². The normalized spacial score (nSPS) is 11.4. The molecule has 1 aromatic heterocycles. The summed E-state index contributed by atoms with van der Waals surface area (Å²) in [6, 6.07) is 23.6. The Hall–Kier alpha value is -3.25. The van der Waals surface area contributed by atoms with E-state index in [1.807, 2.05) is 86.9 Å². The fraction of sp³-hybridized carbons (Fsp3) is 0.286. The number of ether oxygens (including phenoxy) is 2. The van der Waals surface area contributed by atoms with Crippen LogP contribution in [0.25, 0.3) is 16.6 Å². The van der Waals surface area contributed by atoms with Gasteiger partial charge in [-0.2, -0.15) is 8.78 Å². The molecule has 0 bridgehead atoms. The fourth-order valence-electron chi connectivity index (χ4n) is 3.78. The number of alkyl halides is 2. The lowest BCUT2D eigenvalue weighted by Gasteiger charge is -2.26. The molecule has 0 spiro atoms. The van der Waals surface area contributed by atoms with E-state index in [1.54, 1.807) is 12.1 Å². The number of fused-ring (bicyclic) bond motifs is 1. The van der Waals surface area contributed by atoms with Gasteiger partial charge in [0.1, 0.15) is 18.2 Å². The first-order valence-electron chi connectivity index (χ1n) is 11.3. The van der Waals surface area contributed by atoms with Crippen molar-refractivity contribution in [1.29, 1.82) is 0 Å². The van der Waals surface area contributed by atoms with Crippen LogP contribution >= 0.6 is 0 Å². The summed E-state index contributed by atoms with van der Waals surface area (Å²) < 4.78 is 51.9. The fourth-order valence-corrected chi connectivity index (χ4v) is 3.78. The summed E-state index contributed by atoms with van der Waals surface area (Å²) in [5.41, 5.74) is 2.61. The molecule has 0 fully saturated rings. The van der Waals surface area contributed by atoms with Crippen LogP contribution in [0.2, 0.25) is 0 Å². The van der Waals surface area contributed by atoms with E-state index in [-0.39, 0.29) is 12.4 Å². The number of halogens is 3. The van der Waals surface area contributed by atoms with Gasteiger partial charge in [0, 0.05) is 22.2 Å². The van der Waals surface area contributed by atoms with Gasteiger partial charge in [-0.05, 0) is 48.0 Å². The van der Waals surface area contributed by atoms with Crippen LogP contribution in [0.5, 0.6) is 5.75 Å². The van der Waals surface area contributed by atoms with Crippen molar-refractivity contribution in [2.75, 3.05) is 6.61 Å². The van der Waals surface area contributed by atoms with Gasteiger partial charge in [-0.15, -0.1) is 0 Å². The zero-order valence-electron chi connectivity index (χ0n) is 19.9. The molecule has 3 nitrogen and oxygen atoms in total. The van der Waals surface area contributed by atoms with Gasteiger partial charge < -0.3 is 14.0 Å². The van der Waals surface area contributed by atoms with E-state index >= 15 is 0 Å². The number of hydrogen-bond donors (Lipinski definition) is 0. The van der Waals surface area contributed by atoms with Crippen LogP contribution in [-0.2, 0) is 16.8 Å². The van der Waals surface area contributed by atoms with Crippen molar-refractivity contribution in [2.24, 2.45) is 0 Å². The molecular weight excluding hydrogens is 439 g/mol. The number of rotatable bonds is 8. The van der Waals surface area contributed by atoms with Crippen molar-refractivity contribution in [1.82, 2.24) is 4.57 Å². The van der Waals surface area contributed by atoms with Gasteiger partial charge in [0.05, 0.1) is 12.1 Å². The highest BCUT2D eigenvalue weighted by atomic mass is 19.3. The Labute approximate surface area is 198 Å². The predicted molar refractivity (Wildman–Crippen MR) is 130 cm³/mol. The van der Waals surface area contributed by atoms with E-state index in [0.717, 1.165) is 27.8 Å². The van der Waals surface area contributed by atoms with Crippen LogP contribution in [0, 0.1) is 5.82 Å². The smallest absolute Gasteiger partial charge is 0.345 e. The van der Waals surface area contributed by atoms with Crippen molar-refractivity contribution in [3.8, 4) is 11.4 Å². The number of nitrogens with zero attached hydrogens (tertiary/aromatic N) is 1. The SMILES string of the molecule is CC.CC(C)(COC(F)F)c1cc2c(OCc3ccccc3)cccc2n1-c1ccc(F)cc1. The zero-order chi connectivity index (χ0) is 24.7. The Morgan fingerprint density at radius 3 is 2.21 bits per heavy atom. The molecule has 0 aliphatic rings. The lowest BCUT2D eigenvalue weighted by molar-refractivity contribution is -0.139. The molecule has 0 aliphatic heterocycles. The maximum atomic E-state index is 13.6. The first kappa shape index (κ1) is 25.4. The van der Waals surface area contributed by atoms with Crippen LogP contribution in [0.3, 0.4) is 0 Å². The Bertz CT molecular complexity index is 1190. The monoisotopic (exact) mass is 469 g/mol. The minimum atomic E-state index is -2.86. The van der Waals surface area contributed by atoms with Crippen LogP contribution in [0.4, 0.5) is 13.2 Å². The summed E-state index contributed by atoms with van der Waals surface area (Å²) in [5, 5.41) is 0.841. The molecule has 0 saturated heterocycles. The second-order valence-corrected chi connectivity index (χ2v) is 8.26. The quantitative estimate of drug-likeness (QED) is 0.262. The van der Waals surface area contributed by atoms with Gasteiger partial charge in [0.2, 0.25) is 0 Å². The molecule has 0 unspecified atom stereocenters. The van der Waals surface area contributed by atoms with E-state index in [4.69, 9.17) is 4.74 Å². The average molecular weight is 470 g/mol. The highest BCUT2D eigenvalue weighted by molar-refractivity contribution is 5.89. The molecule has 0 atom stereocenters. The third-order valence-corrected chi connectivity index (χ3v) is 5.39. The molecule has 3 aromatic carbocycles. The molecule has 0 aliphatic carbocycles. The first-order chi connectivity index (χ1) is 16.3. The van der Waals surface area contributed by atoms with E-state index < -0.39 is 12.0 Å². The van der Waals surface area contributed by atoms with Crippen LogP contribution in [0.15, 0.2) is 78.9 Å². The molecule has 0 N–H and O–H groups in total. The molecule has 1 heterocycles. The molecule has 0 radical (unpaired) electrons. The Morgan fingerprint density at radius 1 is 0.882 bits per heavy atom. The van der Waals surface area contributed by atoms with Gasteiger partial charge >= 0.3 is 6.61 Å². The molecule has 34 heavy (non-hydrogen) atoms. The summed E-state index contributed by atoms with van der Waals surface area (Å²) in [4.78, 5) is 0. The first-order valence-corrected chi connectivity index (χ1v) is 11.3. The number of hydrogen-bond acceptors (Lipinski definition) is 2. The zero-order valence-corrected chi connectivity index (χ0v) is 19.9. The minimum absolute atomic E-state index is 0.178. The summed E-state index contributed by atoms with van der Waals surface area (Å²) in [6.45, 7) is 5.04.